The number of ether oxygens (including phenoxy) is 2. The molecule has 6 rings (SSSR count). The van der Waals surface area contributed by atoms with Gasteiger partial charge in [-0.05, 0) is 176 Å². The SMILES string of the molecule is C=C(OCC)c1cccc(C)n1.C=[C](OCC)[Sn]([CH2]CCC)([CH2]CCC)[CH2]CCC.CC(=O)O.CC(=O)c1cccc(C)n1.CC(C)(C)N.Cc1cccc(Br)n1.Cc1cccc(C(=O)CBr)n1.Cc1cccc([C@@H](O)CBr)n1.Cc1cccc([C@@H](O)CCC(C)(C)C)n1. The molecular weight excluding hydrogens is 1490 g/mol. The molecular formula is C75H116Br3N7O8Sn. The van der Waals surface area contributed by atoms with Crippen molar-refractivity contribution in [2.24, 2.45) is 11.1 Å². The Morgan fingerprint density at radius 3 is 1.19 bits per heavy atom. The number of carbonyl (C=O) groups excluding carboxylic acids is 2. The van der Waals surface area contributed by atoms with Crippen LogP contribution in [0.2, 0.25) is 13.3 Å². The first-order chi connectivity index (χ1) is 44.0. The molecule has 6 aromatic heterocycles. The predicted octanol–water partition coefficient (Wildman–Crippen LogP) is 19.9. The number of aliphatic hydroxyl groups is 2. The molecule has 94 heavy (non-hydrogen) atoms. The molecule has 0 saturated heterocycles. The van der Waals surface area contributed by atoms with E-state index in [0.717, 1.165) is 82.2 Å². The van der Waals surface area contributed by atoms with Crippen molar-refractivity contribution in [3.05, 3.63) is 193 Å². The van der Waals surface area contributed by atoms with Crippen LogP contribution >= 0.6 is 47.8 Å². The van der Waals surface area contributed by atoms with Gasteiger partial charge in [0.2, 0.25) is 0 Å². The van der Waals surface area contributed by atoms with Crippen LogP contribution in [-0.4, -0.2) is 111 Å². The van der Waals surface area contributed by atoms with Gasteiger partial charge in [0.15, 0.2) is 11.6 Å². The zero-order valence-electron chi connectivity index (χ0n) is 60.3. The quantitative estimate of drug-likeness (QED) is 0.0154. The van der Waals surface area contributed by atoms with Gasteiger partial charge in [-0.2, -0.15) is 0 Å². The molecule has 0 aliphatic rings. The Morgan fingerprint density at radius 1 is 0.543 bits per heavy atom. The Hall–Kier alpha value is -5.09. The first kappa shape index (κ1) is 93.1. The number of carboxylic acid groups (broad SMARTS) is 1. The summed E-state index contributed by atoms with van der Waals surface area (Å²) in [6.45, 7) is 47.0. The van der Waals surface area contributed by atoms with Crippen molar-refractivity contribution in [2.75, 3.05) is 23.9 Å². The number of aryl methyl sites for hydroxylation is 6. The van der Waals surface area contributed by atoms with Crippen LogP contribution in [0.4, 0.5) is 0 Å². The molecule has 0 fully saturated rings. The Labute approximate surface area is 596 Å². The van der Waals surface area contributed by atoms with Gasteiger partial charge < -0.3 is 25.8 Å². The number of nitrogens with two attached hydrogens (primary N) is 1. The molecule has 0 aromatic carbocycles. The zero-order valence-corrected chi connectivity index (χ0v) is 68.0. The molecule has 524 valence electrons. The van der Waals surface area contributed by atoms with E-state index in [4.69, 9.17) is 25.1 Å². The van der Waals surface area contributed by atoms with E-state index in [0.29, 0.717) is 34.4 Å². The number of Topliss-reactive ketones (excluding diaryl/α,β-unsaturated/α-hetero) is 2. The molecule has 0 bridgehead atoms. The molecule has 0 amide bonds. The van der Waals surface area contributed by atoms with Gasteiger partial charge in [0.25, 0.3) is 5.97 Å². The van der Waals surface area contributed by atoms with E-state index in [1.807, 2.05) is 166 Å². The van der Waals surface area contributed by atoms with Crippen LogP contribution in [-0.2, 0) is 14.3 Å². The van der Waals surface area contributed by atoms with Crippen molar-refractivity contribution in [1.29, 1.82) is 0 Å². The standard InChI is InChI=1S/C13H21NO.C10H13NO.C8H10BrNO.C8H8BrNO.C8H9NO.C6H6BrN.C4H11N.C4H7O.3C4H9.C2H4O2.Sn/c1-10-6-5-7-11(14-10)12(15)8-9-13(2,3)4;1-4-12-9(3)10-7-5-6-8(2)11-10;2*1-6-3-2-4-7(10-6)8(11)5-9;1-6-4-3-5-8(9-6)7(2)10;1-5-3-2-4-6(7)8-5;1-4(2,3)5;1-3-5-4-2;3*1-3-4-2;1-2(3)4;/h5-7,12,15H,8-9H2,1-4H3;5-7H,3-4H2,1-2H3;2-4,8,11H,5H2,1H3;2-4H,5H2,1H3;3-5H,1-2H3;2-4H,1H3;5H2,1-3H3;1,4H2,2H3;3*1,3-4H2,2H3;1H3,(H,3,4);/t12-;;8-;;;;;;;;;;/m0.0........../s1. The van der Waals surface area contributed by atoms with Gasteiger partial charge in [-0.1, -0.05) is 95.6 Å². The number of halogens is 3. The van der Waals surface area contributed by atoms with Gasteiger partial charge in [-0.15, -0.1) is 0 Å². The first-order valence-corrected chi connectivity index (χ1v) is 42.9. The Morgan fingerprint density at radius 2 is 0.883 bits per heavy atom. The summed E-state index contributed by atoms with van der Waals surface area (Å²) < 4.78 is 17.7. The molecule has 0 unspecified atom stereocenters. The minimum absolute atomic E-state index is 0. The summed E-state index contributed by atoms with van der Waals surface area (Å²) in [5.41, 5.74) is 14.7. The van der Waals surface area contributed by atoms with E-state index < -0.39 is 36.6 Å². The zero-order chi connectivity index (χ0) is 72.5. The van der Waals surface area contributed by atoms with E-state index in [2.05, 4.69) is 139 Å². The molecule has 19 heteroatoms. The minimum atomic E-state index is -2.24. The number of aliphatic hydroxyl groups excluding tert-OH is 2. The van der Waals surface area contributed by atoms with Crippen molar-refractivity contribution in [3.63, 3.8) is 0 Å². The maximum absolute atomic E-state index is 11.1. The Bertz CT molecular complexity index is 3000. The maximum Gasteiger partial charge on any atom is 0.300 e. The monoisotopic (exact) mass is 1600 g/mol. The Kier molecular flexibility index (Phi) is 53.5. The average molecular weight is 1600 g/mol. The van der Waals surface area contributed by atoms with Crippen molar-refractivity contribution in [3.8, 4) is 0 Å². The number of hydrogen-bond donors (Lipinski definition) is 4. The number of hydrogen-bond acceptors (Lipinski definition) is 14. The van der Waals surface area contributed by atoms with Crippen LogP contribution in [0.3, 0.4) is 0 Å². The molecule has 0 aliphatic carbocycles. The van der Waals surface area contributed by atoms with Crippen molar-refractivity contribution >= 4 is 89.5 Å². The predicted molar refractivity (Wildman–Crippen MR) is 406 cm³/mol. The van der Waals surface area contributed by atoms with Crippen LogP contribution < -0.4 is 5.73 Å². The molecule has 0 saturated carbocycles. The van der Waals surface area contributed by atoms with E-state index in [-0.39, 0.29) is 22.5 Å². The second-order valence-electron chi connectivity index (χ2n) is 24.6. The summed E-state index contributed by atoms with van der Waals surface area (Å²) in [4.78, 5) is 55.7. The summed E-state index contributed by atoms with van der Waals surface area (Å²) >= 11 is 7.28. The second kappa shape index (κ2) is 54.0. The smallest absolute Gasteiger partial charge is 0.300 e. The Balaban J connectivity index is -0.00000101. The molecule has 0 radical (unpaired) electrons. The summed E-state index contributed by atoms with van der Waals surface area (Å²) in [7, 11) is 0. The number of pyridine rings is 6. The van der Waals surface area contributed by atoms with Crippen LogP contribution in [0.1, 0.15) is 226 Å². The molecule has 15 nitrogen and oxygen atoms in total. The van der Waals surface area contributed by atoms with Gasteiger partial charge >= 0.3 is 120 Å². The second-order valence-corrected chi connectivity index (χ2v) is 39.8. The van der Waals surface area contributed by atoms with Gasteiger partial charge in [0, 0.05) is 58.9 Å². The maximum atomic E-state index is 11.1. The number of aliphatic carboxylic acids is 1. The molecule has 2 atom stereocenters. The number of carbonyl (C=O) groups is 3. The largest absolute Gasteiger partial charge is 0.481 e. The summed E-state index contributed by atoms with van der Waals surface area (Å²) in [6, 6.07) is 33.9. The summed E-state index contributed by atoms with van der Waals surface area (Å²) in [6.07, 6.45) is 8.96. The fraction of sp³-hybridized carbons (Fsp3) is 0.507. The summed E-state index contributed by atoms with van der Waals surface area (Å²) in [5, 5.41) is 27.6. The minimum Gasteiger partial charge on any atom is -0.481 e. The van der Waals surface area contributed by atoms with Crippen LogP contribution in [0.15, 0.2) is 131 Å². The average Bonchev–Trinajstić information content (AvgIpc) is 0.861. The summed E-state index contributed by atoms with van der Waals surface area (Å²) in [5.74, 6) is -0.154. The van der Waals surface area contributed by atoms with Crippen LogP contribution in [0.5, 0.6) is 0 Å². The number of unbranched alkanes of at least 4 members (excludes halogenated alkanes) is 3. The topological polar surface area (TPSA) is 234 Å². The number of aromatic nitrogens is 6. The number of ketones is 2. The normalized spacial score (nSPS) is 11.0. The van der Waals surface area contributed by atoms with Crippen LogP contribution in [0.25, 0.3) is 5.76 Å². The van der Waals surface area contributed by atoms with E-state index in [9.17, 15) is 19.8 Å². The number of nitrogens with zero attached hydrogens (tertiary/aromatic N) is 6. The third kappa shape index (κ3) is 51.2. The van der Waals surface area contributed by atoms with E-state index >= 15 is 0 Å². The number of rotatable bonds is 23. The van der Waals surface area contributed by atoms with Gasteiger partial charge in [-0.3, -0.25) is 29.3 Å². The molecule has 5 N–H and O–H groups in total. The number of carboxylic acids is 1. The molecule has 6 heterocycles. The third-order valence-electron chi connectivity index (χ3n) is 12.6. The molecule has 0 aliphatic heterocycles. The van der Waals surface area contributed by atoms with Crippen molar-refractivity contribution < 1.29 is 39.2 Å². The van der Waals surface area contributed by atoms with E-state index in [1.165, 1.54) is 62.5 Å². The van der Waals surface area contributed by atoms with Gasteiger partial charge in [-0.25, -0.2) is 15.0 Å². The van der Waals surface area contributed by atoms with Gasteiger partial charge in [0.05, 0.1) is 29.4 Å². The van der Waals surface area contributed by atoms with Crippen molar-refractivity contribution in [1.82, 2.24) is 29.9 Å². The third-order valence-corrected chi connectivity index (χ3v) is 29.2. The molecule has 0 spiro atoms. The fourth-order valence-electron chi connectivity index (χ4n) is 7.92. The van der Waals surface area contributed by atoms with Gasteiger partial charge in [0.1, 0.15) is 33.5 Å². The van der Waals surface area contributed by atoms with Crippen molar-refractivity contribution in [2.45, 2.75) is 214 Å². The molecule has 6 aromatic rings. The fourth-order valence-corrected chi connectivity index (χ4v) is 23.6. The van der Waals surface area contributed by atoms with E-state index in [1.54, 1.807) is 12.1 Å². The first-order valence-electron chi connectivity index (χ1n) is 32.4. The van der Waals surface area contributed by atoms with Crippen LogP contribution in [0, 0.1) is 47.0 Å². The number of alkyl halides is 2.